The second kappa shape index (κ2) is 8.41. The van der Waals surface area contributed by atoms with Crippen molar-refractivity contribution in [2.24, 2.45) is 10.4 Å². The van der Waals surface area contributed by atoms with Gasteiger partial charge in [0.15, 0.2) is 5.96 Å². The number of rotatable bonds is 4. The van der Waals surface area contributed by atoms with Gasteiger partial charge < -0.3 is 20.3 Å². The van der Waals surface area contributed by atoms with Gasteiger partial charge in [0.2, 0.25) is 5.91 Å². The fraction of sp³-hybridized carbons (Fsp3) is 0.636. The lowest BCUT2D eigenvalue weighted by Gasteiger charge is -2.33. The minimum absolute atomic E-state index is 0.0914. The number of hydrogen-bond acceptors (Lipinski definition) is 3. The van der Waals surface area contributed by atoms with Crippen LogP contribution in [0.2, 0.25) is 0 Å². The highest BCUT2D eigenvalue weighted by Gasteiger charge is 2.39. The monoisotopic (exact) mass is 384 g/mol. The number of hydrogen-bond donors (Lipinski definition) is 2. The van der Waals surface area contributed by atoms with Crippen molar-refractivity contribution in [3.05, 3.63) is 23.8 Å². The average molecular weight is 385 g/mol. The van der Waals surface area contributed by atoms with Crippen LogP contribution >= 0.6 is 0 Å². The van der Waals surface area contributed by atoms with Crippen LogP contribution in [-0.2, 0) is 11.2 Å². The third-order valence-corrected chi connectivity index (χ3v) is 6.49. The molecule has 1 amide bonds. The van der Waals surface area contributed by atoms with Gasteiger partial charge in [0.05, 0.1) is 6.54 Å². The zero-order chi connectivity index (χ0) is 19.4. The van der Waals surface area contributed by atoms with Gasteiger partial charge in [-0.25, -0.2) is 0 Å². The minimum Gasteiger partial charge on any atom is -0.492 e. The standard InChI is InChI=1S/C22H32N4O2/c1-23-21(26-13-11-22(16-26)9-3-2-4-10-22)24-12-14-28-18-6-7-19-17(15-18)5-8-20(27)25-19/h6-7,15H,2-5,8-14,16H2,1H3,(H,23,24)(H,25,27). The number of likely N-dealkylation sites (tertiary alicyclic amines) is 1. The van der Waals surface area contributed by atoms with Crippen molar-refractivity contribution < 1.29 is 9.53 Å². The number of carbonyl (C=O) groups is 1. The van der Waals surface area contributed by atoms with E-state index >= 15 is 0 Å². The molecule has 0 radical (unpaired) electrons. The molecular formula is C22H32N4O2. The van der Waals surface area contributed by atoms with Crippen molar-refractivity contribution >= 4 is 17.6 Å². The van der Waals surface area contributed by atoms with E-state index in [2.05, 4.69) is 20.5 Å². The maximum Gasteiger partial charge on any atom is 0.224 e. The number of amides is 1. The first kappa shape index (κ1) is 19.1. The Morgan fingerprint density at radius 2 is 2.11 bits per heavy atom. The number of aryl methyl sites for hydroxylation is 1. The van der Waals surface area contributed by atoms with Gasteiger partial charge >= 0.3 is 0 Å². The fourth-order valence-electron chi connectivity index (χ4n) is 4.94. The number of nitrogens with zero attached hydrogens (tertiary/aromatic N) is 2. The predicted octanol–water partition coefficient (Wildman–Crippen LogP) is 3.18. The normalized spacial score (nSPS) is 21.4. The molecule has 1 aromatic rings. The van der Waals surface area contributed by atoms with Gasteiger partial charge in [-0.1, -0.05) is 19.3 Å². The van der Waals surface area contributed by atoms with Gasteiger partial charge in [-0.15, -0.1) is 0 Å². The molecule has 4 rings (SSSR count). The van der Waals surface area contributed by atoms with E-state index in [9.17, 15) is 4.79 Å². The molecule has 0 atom stereocenters. The molecule has 1 spiro atoms. The zero-order valence-electron chi connectivity index (χ0n) is 16.9. The van der Waals surface area contributed by atoms with Crippen molar-refractivity contribution in [3.8, 4) is 5.75 Å². The van der Waals surface area contributed by atoms with Crippen LogP contribution in [0.1, 0.15) is 50.5 Å². The molecule has 6 heteroatoms. The minimum atomic E-state index is 0.0914. The summed E-state index contributed by atoms with van der Waals surface area (Å²) in [5.74, 6) is 1.95. The average Bonchev–Trinajstić information content (AvgIpc) is 3.11. The maximum absolute atomic E-state index is 11.5. The van der Waals surface area contributed by atoms with E-state index in [0.717, 1.165) is 49.0 Å². The zero-order valence-corrected chi connectivity index (χ0v) is 16.9. The topological polar surface area (TPSA) is 66.0 Å². The van der Waals surface area contributed by atoms with Crippen LogP contribution in [0.15, 0.2) is 23.2 Å². The predicted molar refractivity (Wildman–Crippen MR) is 112 cm³/mol. The fourth-order valence-corrected chi connectivity index (χ4v) is 4.94. The number of carbonyl (C=O) groups excluding carboxylic acids is 1. The smallest absolute Gasteiger partial charge is 0.224 e. The summed E-state index contributed by atoms with van der Waals surface area (Å²) in [6.45, 7) is 3.56. The van der Waals surface area contributed by atoms with Crippen molar-refractivity contribution in [1.82, 2.24) is 10.2 Å². The lowest BCUT2D eigenvalue weighted by Crippen LogP contribution is -2.43. The molecule has 0 aromatic heterocycles. The molecule has 2 heterocycles. The van der Waals surface area contributed by atoms with E-state index in [1.54, 1.807) is 0 Å². The van der Waals surface area contributed by atoms with Crippen molar-refractivity contribution in [3.63, 3.8) is 0 Å². The van der Waals surface area contributed by atoms with Crippen molar-refractivity contribution in [1.29, 1.82) is 0 Å². The quantitative estimate of drug-likeness (QED) is 0.475. The number of benzene rings is 1. The van der Waals surface area contributed by atoms with Crippen LogP contribution in [0.3, 0.4) is 0 Å². The maximum atomic E-state index is 11.5. The Balaban J connectivity index is 1.24. The first-order valence-electron chi connectivity index (χ1n) is 10.7. The Bertz CT molecular complexity index is 740. The summed E-state index contributed by atoms with van der Waals surface area (Å²) in [5, 5.41) is 6.37. The molecule has 28 heavy (non-hydrogen) atoms. The van der Waals surface area contributed by atoms with Gasteiger partial charge in [0.25, 0.3) is 0 Å². The summed E-state index contributed by atoms with van der Waals surface area (Å²) < 4.78 is 5.92. The highest BCUT2D eigenvalue weighted by atomic mass is 16.5. The lowest BCUT2D eigenvalue weighted by atomic mass is 9.73. The number of nitrogens with one attached hydrogen (secondary N) is 2. The highest BCUT2D eigenvalue weighted by Crippen LogP contribution is 2.43. The third kappa shape index (κ3) is 4.26. The molecule has 6 nitrogen and oxygen atoms in total. The van der Waals surface area contributed by atoms with Crippen LogP contribution in [-0.4, -0.2) is 50.1 Å². The van der Waals surface area contributed by atoms with E-state index < -0.39 is 0 Å². The molecule has 152 valence electrons. The Morgan fingerprint density at radius 1 is 1.25 bits per heavy atom. The lowest BCUT2D eigenvalue weighted by molar-refractivity contribution is -0.116. The number of aliphatic imine (C=N–C) groups is 1. The number of ether oxygens (including phenoxy) is 1. The molecule has 1 saturated carbocycles. The summed E-state index contributed by atoms with van der Waals surface area (Å²) in [7, 11) is 1.87. The summed E-state index contributed by atoms with van der Waals surface area (Å²) in [5.41, 5.74) is 2.59. The Morgan fingerprint density at radius 3 is 2.93 bits per heavy atom. The van der Waals surface area contributed by atoms with Gasteiger partial charge in [0, 0.05) is 32.2 Å². The van der Waals surface area contributed by atoms with E-state index in [4.69, 9.17) is 4.74 Å². The van der Waals surface area contributed by atoms with Gasteiger partial charge in [-0.05, 0) is 54.9 Å². The SMILES string of the molecule is CN=C(NCCOc1ccc2c(c1)CCC(=O)N2)N1CCC2(CCCCC2)C1. The molecule has 2 aliphatic heterocycles. The summed E-state index contributed by atoms with van der Waals surface area (Å²) in [4.78, 5) is 18.4. The van der Waals surface area contributed by atoms with Crippen molar-refractivity contribution in [2.45, 2.75) is 51.4 Å². The van der Waals surface area contributed by atoms with Gasteiger partial charge in [0.1, 0.15) is 12.4 Å². The van der Waals surface area contributed by atoms with Crippen LogP contribution in [0, 0.1) is 5.41 Å². The number of fused-ring (bicyclic) bond motifs is 1. The first-order valence-corrected chi connectivity index (χ1v) is 10.7. The van der Waals surface area contributed by atoms with Crippen LogP contribution < -0.4 is 15.4 Å². The summed E-state index contributed by atoms with van der Waals surface area (Å²) in [6, 6.07) is 5.89. The van der Waals surface area contributed by atoms with Crippen LogP contribution in [0.5, 0.6) is 5.75 Å². The second-order valence-electron chi connectivity index (χ2n) is 8.42. The molecule has 1 saturated heterocycles. The van der Waals surface area contributed by atoms with Crippen LogP contribution in [0.25, 0.3) is 0 Å². The van der Waals surface area contributed by atoms with Crippen LogP contribution in [0.4, 0.5) is 5.69 Å². The molecule has 0 bridgehead atoms. The summed E-state index contributed by atoms with van der Waals surface area (Å²) >= 11 is 0. The van der Waals surface area contributed by atoms with Gasteiger partial charge in [-0.3, -0.25) is 9.79 Å². The van der Waals surface area contributed by atoms with Gasteiger partial charge in [-0.2, -0.15) is 0 Å². The largest absolute Gasteiger partial charge is 0.492 e. The molecule has 2 fully saturated rings. The molecule has 1 aliphatic carbocycles. The summed E-state index contributed by atoms with van der Waals surface area (Å²) in [6.07, 6.45) is 9.56. The molecular weight excluding hydrogens is 352 g/mol. The third-order valence-electron chi connectivity index (χ3n) is 6.49. The first-order chi connectivity index (χ1) is 13.7. The molecule has 3 aliphatic rings. The Kier molecular flexibility index (Phi) is 5.74. The molecule has 2 N–H and O–H groups in total. The van der Waals surface area contributed by atoms with E-state index in [0.29, 0.717) is 18.4 Å². The Labute approximate surface area is 167 Å². The second-order valence-corrected chi connectivity index (χ2v) is 8.42. The number of anilines is 1. The molecule has 1 aromatic carbocycles. The van der Waals surface area contributed by atoms with E-state index in [1.165, 1.54) is 38.5 Å². The Hall–Kier alpha value is -2.24. The number of guanidine groups is 1. The highest BCUT2D eigenvalue weighted by molar-refractivity contribution is 5.94. The van der Waals surface area contributed by atoms with E-state index in [1.807, 2.05) is 25.2 Å². The van der Waals surface area contributed by atoms with E-state index in [-0.39, 0.29) is 5.91 Å². The molecule has 0 unspecified atom stereocenters. The van der Waals surface area contributed by atoms with Crippen molar-refractivity contribution in [2.75, 3.05) is 38.6 Å².